The van der Waals surface area contributed by atoms with Gasteiger partial charge in [-0.25, -0.2) is 18.1 Å². The summed E-state index contributed by atoms with van der Waals surface area (Å²) in [5, 5.41) is 2.35. The van der Waals surface area contributed by atoms with Gasteiger partial charge in [-0.2, -0.15) is 12.8 Å². The van der Waals surface area contributed by atoms with Crippen LogP contribution in [0, 0.1) is 11.9 Å². The molecular weight excluding hydrogens is 397 g/mol. The van der Waals surface area contributed by atoms with Crippen molar-refractivity contribution in [1.82, 2.24) is 9.29 Å². The van der Waals surface area contributed by atoms with Gasteiger partial charge in [0, 0.05) is 25.3 Å². The molecule has 0 aromatic carbocycles. The summed E-state index contributed by atoms with van der Waals surface area (Å²) >= 11 is 0. The number of hydrogen-bond acceptors (Lipinski definition) is 4. The summed E-state index contributed by atoms with van der Waals surface area (Å²) in [4.78, 5) is 16.2. The first-order valence-corrected chi connectivity index (χ1v) is 10.2. The standard InChI is InChI=1S/C17H19F3N4O3S/c1-2-24-13(16(25)22-15-5-3-4-14(18)21-15)10-12(23-28(24,26)27)11-6-8-17(19,20)9-7-11/h3-5,10-11H,2,6-9H2,1H3,(H,21,22,25). The van der Waals surface area contributed by atoms with Crippen molar-refractivity contribution in [1.29, 1.82) is 0 Å². The number of anilines is 1. The van der Waals surface area contributed by atoms with Crippen molar-refractivity contribution in [2.24, 2.45) is 10.3 Å². The van der Waals surface area contributed by atoms with Gasteiger partial charge in [0.15, 0.2) is 0 Å². The molecule has 2 heterocycles. The van der Waals surface area contributed by atoms with E-state index in [0.29, 0.717) is 0 Å². The normalized spacial score (nSPS) is 21.6. The number of amides is 1. The monoisotopic (exact) mass is 416 g/mol. The highest BCUT2D eigenvalue weighted by Gasteiger charge is 2.39. The van der Waals surface area contributed by atoms with Crippen LogP contribution in [0.15, 0.2) is 34.4 Å². The molecule has 1 aromatic heterocycles. The van der Waals surface area contributed by atoms with Crippen LogP contribution in [-0.4, -0.2) is 41.8 Å². The summed E-state index contributed by atoms with van der Waals surface area (Å²) in [7, 11) is -4.19. The highest BCUT2D eigenvalue weighted by atomic mass is 32.2. The molecule has 2 aliphatic rings. The van der Waals surface area contributed by atoms with Crippen LogP contribution in [0.2, 0.25) is 0 Å². The Morgan fingerprint density at radius 3 is 2.61 bits per heavy atom. The van der Waals surface area contributed by atoms with Crippen LogP contribution >= 0.6 is 0 Å². The van der Waals surface area contributed by atoms with Crippen LogP contribution in [-0.2, 0) is 15.0 Å². The molecular formula is C17H19F3N4O3S. The molecule has 28 heavy (non-hydrogen) atoms. The summed E-state index contributed by atoms with van der Waals surface area (Å²) < 4.78 is 69.6. The number of carbonyl (C=O) groups is 1. The highest BCUT2D eigenvalue weighted by Crippen LogP contribution is 2.38. The maximum absolute atomic E-state index is 13.4. The van der Waals surface area contributed by atoms with E-state index in [1.807, 2.05) is 0 Å². The molecule has 1 aromatic rings. The average molecular weight is 416 g/mol. The number of allylic oxidation sites excluding steroid dienone is 1. The second-order valence-corrected chi connectivity index (χ2v) is 8.14. The third kappa shape index (κ3) is 4.34. The van der Waals surface area contributed by atoms with Crippen LogP contribution in [0.25, 0.3) is 0 Å². The zero-order valence-electron chi connectivity index (χ0n) is 15.0. The maximum atomic E-state index is 13.4. The molecule has 0 saturated heterocycles. The summed E-state index contributed by atoms with van der Waals surface area (Å²) in [5.41, 5.74) is -0.131. The molecule has 152 valence electrons. The van der Waals surface area contributed by atoms with E-state index in [0.717, 1.165) is 10.4 Å². The largest absolute Gasteiger partial charge is 0.345 e. The molecule has 1 amide bonds. The van der Waals surface area contributed by atoms with Crippen molar-refractivity contribution in [2.75, 3.05) is 11.9 Å². The van der Waals surface area contributed by atoms with E-state index in [2.05, 4.69) is 14.7 Å². The van der Waals surface area contributed by atoms with E-state index in [-0.39, 0.29) is 49.5 Å². The fraction of sp³-hybridized carbons (Fsp3) is 0.471. The minimum absolute atomic E-state index is 0.0579. The molecule has 3 rings (SSSR count). The first-order valence-electron chi connectivity index (χ1n) is 8.77. The van der Waals surface area contributed by atoms with Gasteiger partial charge in [-0.1, -0.05) is 6.07 Å². The summed E-state index contributed by atoms with van der Waals surface area (Å²) in [6, 6.07) is 3.80. The van der Waals surface area contributed by atoms with Crippen molar-refractivity contribution in [3.8, 4) is 0 Å². The second-order valence-electron chi connectivity index (χ2n) is 6.62. The summed E-state index contributed by atoms with van der Waals surface area (Å²) in [5.74, 6) is -4.95. The van der Waals surface area contributed by atoms with Gasteiger partial charge < -0.3 is 5.32 Å². The number of alkyl halides is 2. The number of carbonyl (C=O) groups excluding carboxylic acids is 1. The third-order valence-electron chi connectivity index (χ3n) is 4.66. The lowest BCUT2D eigenvalue weighted by atomic mass is 9.83. The average Bonchev–Trinajstić information content (AvgIpc) is 2.60. The zero-order chi connectivity index (χ0) is 20.5. The number of pyridine rings is 1. The van der Waals surface area contributed by atoms with E-state index in [9.17, 15) is 26.4 Å². The van der Waals surface area contributed by atoms with Crippen molar-refractivity contribution >= 4 is 27.6 Å². The zero-order valence-corrected chi connectivity index (χ0v) is 15.8. The lowest BCUT2D eigenvalue weighted by Gasteiger charge is -2.31. The van der Waals surface area contributed by atoms with Crippen LogP contribution in [0.4, 0.5) is 19.0 Å². The molecule has 1 aliphatic heterocycles. The number of halogens is 3. The van der Waals surface area contributed by atoms with Gasteiger partial charge in [-0.3, -0.25) is 4.79 Å². The van der Waals surface area contributed by atoms with E-state index in [1.165, 1.54) is 25.1 Å². The van der Waals surface area contributed by atoms with Gasteiger partial charge in [0.05, 0.1) is 5.71 Å². The Balaban J connectivity index is 1.89. The lowest BCUT2D eigenvalue weighted by molar-refractivity contribution is -0.113. The van der Waals surface area contributed by atoms with Gasteiger partial charge in [-0.15, -0.1) is 4.40 Å². The number of nitrogens with zero attached hydrogens (tertiary/aromatic N) is 3. The van der Waals surface area contributed by atoms with E-state index in [1.54, 1.807) is 0 Å². The first-order chi connectivity index (χ1) is 13.1. The molecule has 0 atom stereocenters. The number of rotatable bonds is 4. The SMILES string of the molecule is CCN1C(C(=O)Nc2cccc(F)n2)=CC(C2CCC(F)(F)CC2)=NS1(=O)=O. The molecule has 0 spiro atoms. The quantitative estimate of drug-likeness (QED) is 0.764. The predicted molar refractivity (Wildman–Crippen MR) is 96.5 cm³/mol. The number of aromatic nitrogens is 1. The number of nitrogens with one attached hydrogen (secondary N) is 1. The molecule has 0 bridgehead atoms. The molecule has 0 radical (unpaired) electrons. The van der Waals surface area contributed by atoms with Crippen LogP contribution in [0.5, 0.6) is 0 Å². The van der Waals surface area contributed by atoms with Gasteiger partial charge in [0.1, 0.15) is 11.5 Å². The van der Waals surface area contributed by atoms with Gasteiger partial charge in [0.25, 0.3) is 5.91 Å². The molecule has 1 aliphatic carbocycles. The topological polar surface area (TPSA) is 91.7 Å². The Bertz CT molecular complexity index is 937. The second kappa shape index (κ2) is 7.53. The van der Waals surface area contributed by atoms with Crippen LogP contribution in [0.3, 0.4) is 0 Å². The maximum Gasteiger partial charge on any atom is 0.345 e. The smallest absolute Gasteiger partial charge is 0.305 e. The Morgan fingerprint density at radius 2 is 2.00 bits per heavy atom. The molecule has 7 nitrogen and oxygen atoms in total. The molecule has 11 heteroatoms. The van der Waals surface area contributed by atoms with Crippen LogP contribution < -0.4 is 5.32 Å². The fourth-order valence-electron chi connectivity index (χ4n) is 3.24. The first kappa shape index (κ1) is 20.3. The molecule has 1 saturated carbocycles. The Labute approximate surface area is 160 Å². The molecule has 1 N–H and O–H groups in total. The minimum atomic E-state index is -4.19. The summed E-state index contributed by atoms with van der Waals surface area (Å²) in [6.45, 7) is 1.47. The van der Waals surface area contributed by atoms with Crippen molar-refractivity contribution < 1.29 is 26.4 Å². The number of hydrogen-bond donors (Lipinski definition) is 1. The van der Waals surface area contributed by atoms with Gasteiger partial charge in [-0.05, 0) is 38.0 Å². The Morgan fingerprint density at radius 1 is 1.32 bits per heavy atom. The molecule has 0 unspecified atom stereocenters. The number of likely N-dealkylation sites (N-methyl/N-ethyl adjacent to an activating group) is 1. The predicted octanol–water partition coefficient (Wildman–Crippen LogP) is 2.89. The Kier molecular flexibility index (Phi) is 5.46. The summed E-state index contributed by atoms with van der Waals surface area (Å²) in [6.07, 6.45) is 0.718. The Hall–Kier alpha value is -2.43. The van der Waals surface area contributed by atoms with Crippen LogP contribution in [0.1, 0.15) is 32.6 Å². The fourth-order valence-corrected chi connectivity index (χ4v) is 4.52. The van der Waals surface area contributed by atoms with E-state index < -0.39 is 33.9 Å². The van der Waals surface area contributed by atoms with Crippen molar-refractivity contribution in [3.63, 3.8) is 0 Å². The van der Waals surface area contributed by atoms with E-state index >= 15 is 0 Å². The highest BCUT2D eigenvalue weighted by molar-refractivity contribution is 7.88. The lowest BCUT2D eigenvalue weighted by Crippen LogP contribution is -2.40. The third-order valence-corrected chi connectivity index (χ3v) is 6.12. The van der Waals surface area contributed by atoms with E-state index in [4.69, 9.17) is 0 Å². The van der Waals surface area contributed by atoms with Gasteiger partial charge in [0.2, 0.25) is 11.9 Å². The van der Waals surface area contributed by atoms with Crippen molar-refractivity contribution in [2.45, 2.75) is 38.5 Å². The van der Waals surface area contributed by atoms with Crippen molar-refractivity contribution in [3.05, 3.63) is 35.9 Å². The molecule has 1 fully saturated rings. The minimum Gasteiger partial charge on any atom is -0.305 e. The van der Waals surface area contributed by atoms with Gasteiger partial charge >= 0.3 is 10.2 Å².